The number of hydrogen-bond acceptors (Lipinski definition) is 5. The minimum Gasteiger partial charge on any atom is -0.481 e. The molecule has 0 bridgehead atoms. The fourth-order valence-corrected chi connectivity index (χ4v) is 1.94. The normalized spacial score (nSPS) is 17.1. The predicted octanol–water partition coefficient (Wildman–Crippen LogP) is 2.09. The third-order valence-corrected chi connectivity index (χ3v) is 3.31. The number of rotatable bonds is 5. The van der Waals surface area contributed by atoms with Crippen LogP contribution in [0.25, 0.3) is 0 Å². The predicted molar refractivity (Wildman–Crippen MR) is 65.6 cm³/mol. The quantitative estimate of drug-likeness (QED) is 0.849. The average Bonchev–Trinajstić information content (AvgIpc) is 2.25. The van der Waals surface area contributed by atoms with E-state index in [9.17, 15) is 0 Å². The first-order valence-electron chi connectivity index (χ1n) is 5.96. The second-order valence-corrected chi connectivity index (χ2v) is 4.40. The van der Waals surface area contributed by atoms with Crippen molar-refractivity contribution in [1.82, 2.24) is 9.97 Å². The second-order valence-electron chi connectivity index (χ2n) is 4.40. The van der Waals surface area contributed by atoms with E-state index in [-0.39, 0.29) is 0 Å². The van der Waals surface area contributed by atoms with Crippen molar-refractivity contribution in [1.29, 1.82) is 0 Å². The number of hydrogen-bond donors (Lipinski definition) is 1. The van der Waals surface area contributed by atoms with Gasteiger partial charge in [-0.15, -0.1) is 0 Å². The molecular weight excluding hydrogens is 218 g/mol. The van der Waals surface area contributed by atoms with Crippen molar-refractivity contribution in [2.24, 2.45) is 5.92 Å². The maximum absolute atomic E-state index is 5.11. The largest absolute Gasteiger partial charge is 0.481 e. The Morgan fingerprint density at radius 1 is 1.24 bits per heavy atom. The molecule has 1 saturated carbocycles. The zero-order valence-corrected chi connectivity index (χ0v) is 10.6. The van der Waals surface area contributed by atoms with Gasteiger partial charge in [-0.1, -0.05) is 6.42 Å². The third kappa shape index (κ3) is 2.78. The van der Waals surface area contributed by atoms with Crippen LogP contribution in [0.2, 0.25) is 0 Å². The Morgan fingerprint density at radius 3 is 2.24 bits per heavy atom. The standard InChI is InChI=1S/C12H19N3O2/c1-8(9-5-4-6-9)13-12-14-10(16-2)7-11(15-12)17-3/h7-9H,4-6H2,1-3H3,(H,13,14,15). The number of ether oxygens (including phenoxy) is 2. The molecule has 0 saturated heterocycles. The summed E-state index contributed by atoms with van der Waals surface area (Å²) in [6, 6.07) is 2.06. The van der Waals surface area contributed by atoms with Crippen LogP contribution >= 0.6 is 0 Å². The van der Waals surface area contributed by atoms with Crippen molar-refractivity contribution >= 4 is 5.95 Å². The van der Waals surface area contributed by atoms with Crippen molar-refractivity contribution in [3.63, 3.8) is 0 Å². The van der Waals surface area contributed by atoms with Crippen LogP contribution in [-0.2, 0) is 0 Å². The molecule has 1 fully saturated rings. The molecule has 1 aromatic rings. The maximum Gasteiger partial charge on any atom is 0.229 e. The molecule has 1 heterocycles. The highest BCUT2D eigenvalue weighted by atomic mass is 16.5. The Bertz CT molecular complexity index is 358. The molecule has 0 radical (unpaired) electrons. The molecule has 5 nitrogen and oxygen atoms in total. The fourth-order valence-electron chi connectivity index (χ4n) is 1.94. The van der Waals surface area contributed by atoms with Crippen molar-refractivity contribution in [3.8, 4) is 11.8 Å². The van der Waals surface area contributed by atoms with Gasteiger partial charge in [0.2, 0.25) is 17.7 Å². The highest BCUT2D eigenvalue weighted by Crippen LogP contribution is 2.31. The lowest BCUT2D eigenvalue weighted by atomic mass is 9.80. The number of nitrogens with zero attached hydrogens (tertiary/aromatic N) is 2. The molecule has 1 aliphatic rings. The summed E-state index contributed by atoms with van der Waals surface area (Å²) >= 11 is 0. The highest BCUT2D eigenvalue weighted by molar-refractivity contribution is 5.34. The molecule has 1 atom stereocenters. The SMILES string of the molecule is COc1cc(OC)nc(NC(C)C2CCC2)n1. The summed E-state index contributed by atoms with van der Waals surface area (Å²) in [5.41, 5.74) is 0. The Kier molecular flexibility index (Phi) is 3.66. The number of methoxy groups -OCH3 is 2. The first kappa shape index (κ1) is 12.0. The van der Waals surface area contributed by atoms with E-state index in [0.29, 0.717) is 23.8 Å². The van der Waals surface area contributed by atoms with Gasteiger partial charge >= 0.3 is 0 Å². The molecule has 0 aromatic carbocycles. The van der Waals surface area contributed by atoms with Gasteiger partial charge in [-0.3, -0.25) is 0 Å². The van der Waals surface area contributed by atoms with E-state index in [4.69, 9.17) is 9.47 Å². The van der Waals surface area contributed by atoms with Crippen LogP contribution in [0.3, 0.4) is 0 Å². The van der Waals surface area contributed by atoms with Crippen molar-refractivity contribution in [2.45, 2.75) is 32.2 Å². The van der Waals surface area contributed by atoms with Crippen LogP contribution in [0.5, 0.6) is 11.8 Å². The molecule has 94 valence electrons. The van der Waals surface area contributed by atoms with Crippen LogP contribution in [0.1, 0.15) is 26.2 Å². The van der Waals surface area contributed by atoms with Crippen LogP contribution in [0.15, 0.2) is 6.07 Å². The summed E-state index contributed by atoms with van der Waals surface area (Å²) in [5, 5.41) is 3.31. The molecule has 1 aromatic heterocycles. The van der Waals surface area contributed by atoms with E-state index < -0.39 is 0 Å². The average molecular weight is 237 g/mol. The summed E-state index contributed by atoms with van der Waals surface area (Å²) in [6.45, 7) is 2.17. The number of anilines is 1. The molecule has 5 heteroatoms. The lowest BCUT2D eigenvalue weighted by Crippen LogP contribution is -2.31. The Balaban J connectivity index is 2.07. The molecule has 2 rings (SSSR count). The molecular formula is C12H19N3O2. The van der Waals surface area contributed by atoms with Gasteiger partial charge in [0.05, 0.1) is 20.3 Å². The van der Waals surface area contributed by atoms with Crippen LogP contribution in [0.4, 0.5) is 5.95 Å². The molecule has 17 heavy (non-hydrogen) atoms. The maximum atomic E-state index is 5.11. The topological polar surface area (TPSA) is 56.3 Å². The summed E-state index contributed by atoms with van der Waals surface area (Å²) in [4.78, 5) is 8.51. The number of aromatic nitrogens is 2. The molecule has 1 N–H and O–H groups in total. The summed E-state index contributed by atoms with van der Waals surface area (Å²) in [7, 11) is 3.17. The zero-order chi connectivity index (χ0) is 12.3. The molecule has 0 aliphatic heterocycles. The van der Waals surface area contributed by atoms with Gasteiger partial charge in [-0.25, -0.2) is 0 Å². The number of nitrogens with one attached hydrogen (secondary N) is 1. The summed E-state index contributed by atoms with van der Waals surface area (Å²) in [5.74, 6) is 2.33. The van der Waals surface area contributed by atoms with Gasteiger partial charge in [0.25, 0.3) is 0 Å². The van der Waals surface area contributed by atoms with Crippen molar-refractivity contribution in [3.05, 3.63) is 6.07 Å². The monoisotopic (exact) mass is 237 g/mol. The molecule has 1 unspecified atom stereocenters. The van der Waals surface area contributed by atoms with E-state index in [2.05, 4.69) is 22.2 Å². The van der Waals surface area contributed by atoms with E-state index in [0.717, 1.165) is 5.92 Å². The molecule has 0 spiro atoms. The smallest absolute Gasteiger partial charge is 0.229 e. The highest BCUT2D eigenvalue weighted by Gasteiger charge is 2.24. The van der Waals surface area contributed by atoms with Crippen molar-refractivity contribution in [2.75, 3.05) is 19.5 Å². The van der Waals surface area contributed by atoms with Gasteiger partial charge in [-0.05, 0) is 25.7 Å². The summed E-state index contributed by atoms with van der Waals surface area (Å²) < 4.78 is 10.2. The van der Waals surface area contributed by atoms with E-state index in [1.807, 2.05) is 0 Å². The van der Waals surface area contributed by atoms with E-state index in [1.165, 1.54) is 19.3 Å². The van der Waals surface area contributed by atoms with Gasteiger partial charge in [0, 0.05) is 6.04 Å². The Hall–Kier alpha value is -1.52. The van der Waals surface area contributed by atoms with Crippen LogP contribution < -0.4 is 14.8 Å². The minimum absolute atomic E-state index is 0.389. The lowest BCUT2D eigenvalue weighted by molar-refractivity contribution is 0.284. The Labute approximate surface area is 102 Å². The Morgan fingerprint density at radius 2 is 1.82 bits per heavy atom. The third-order valence-electron chi connectivity index (χ3n) is 3.31. The zero-order valence-electron chi connectivity index (χ0n) is 10.6. The van der Waals surface area contributed by atoms with Gasteiger partial charge in [0.1, 0.15) is 0 Å². The summed E-state index contributed by atoms with van der Waals surface area (Å²) in [6.07, 6.45) is 3.91. The molecule has 1 aliphatic carbocycles. The minimum atomic E-state index is 0.389. The van der Waals surface area contributed by atoms with E-state index in [1.54, 1.807) is 20.3 Å². The first-order valence-corrected chi connectivity index (χ1v) is 5.96. The first-order chi connectivity index (χ1) is 8.22. The second kappa shape index (κ2) is 5.21. The van der Waals surface area contributed by atoms with Crippen LogP contribution in [0, 0.1) is 5.92 Å². The van der Waals surface area contributed by atoms with Crippen LogP contribution in [-0.4, -0.2) is 30.2 Å². The van der Waals surface area contributed by atoms with Crippen molar-refractivity contribution < 1.29 is 9.47 Å². The van der Waals surface area contributed by atoms with Gasteiger partial charge < -0.3 is 14.8 Å². The molecule has 0 amide bonds. The lowest BCUT2D eigenvalue weighted by Gasteiger charge is -2.31. The van der Waals surface area contributed by atoms with Gasteiger partial charge in [-0.2, -0.15) is 9.97 Å². The van der Waals surface area contributed by atoms with Gasteiger partial charge in [0.15, 0.2) is 0 Å². The van der Waals surface area contributed by atoms with E-state index >= 15 is 0 Å². The fraction of sp³-hybridized carbons (Fsp3) is 0.667.